The molecule has 0 aromatic rings. The topological polar surface area (TPSA) is 59.4 Å². The number of hydrogen-bond donors (Lipinski definition) is 1. The molecule has 0 aliphatic carbocycles. The molecular weight excluding hydrogens is 153 g/mol. The van der Waals surface area contributed by atoms with E-state index in [9.17, 15) is 0 Å². The van der Waals surface area contributed by atoms with Crippen LogP contribution in [0.3, 0.4) is 0 Å². The van der Waals surface area contributed by atoms with Gasteiger partial charge in [-0.15, -0.1) is 0 Å². The van der Waals surface area contributed by atoms with Gasteiger partial charge in [-0.2, -0.15) is 0 Å². The molecule has 0 radical (unpaired) electrons. The van der Waals surface area contributed by atoms with E-state index in [0.717, 1.165) is 19.3 Å². The Morgan fingerprint density at radius 1 is 1.40 bits per heavy atom. The molecule has 0 unspecified atom stereocenters. The molecule has 0 aromatic carbocycles. The van der Waals surface area contributed by atoms with E-state index < -0.39 is 0 Å². The van der Waals surface area contributed by atoms with Crippen LogP contribution in [0, 0.1) is 5.41 Å². The van der Waals surface area contributed by atoms with Gasteiger partial charge < -0.3 is 9.05 Å². The summed E-state index contributed by atoms with van der Waals surface area (Å²) < 4.78 is 9.76. The molecule has 0 aliphatic heterocycles. The Morgan fingerprint density at radius 3 is 1.90 bits per heavy atom. The number of rotatable bonds is 4. The lowest BCUT2D eigenvalue weighted by molar-refractivity contribution is 0.288. The van der Waals surface area contributed by atoms with Crippen molar-refractivity contribution in [1.29, 1.82) is 5.41 Å². The number of nitrogens with one attached hydrogen (secondary N) is 1. The molecule has 10 heavy (non-hydrogen) atoms. The molecule has 0 amide bonds. The first-order chi connectivity index (χ1) is 4.83. The van der Waals surface area contributed by atoms with Crippen LogP contribution < -0.4 is 0 Å². The van der Waals surface area contributed by atoms with Crippen LogP contribution >= 0.6 is 9.03 Å². The number of carbonyl (C=O) groups excluding carboxylic acids is 1. The highest BCUT2D eigenvalue weighted by molar-refractivity contribution is 7.26. The Bertz CT molecular complexity index is 79.0. The van der Waals surface area contributed by atoms with Crippen LogP contribution in [-0.4, -0.2) is 19.3 Å². The molecular formula is C5H12NO3P. The maximum atomic E-state index is 8.35. The molecule has 0 saturated carbocycles. The van der Waals surface area contributed by atoms with Crippen molar-refractivity contribution in [3.05, 3.63) is 0 Å². The molecule has 5 heteroatoms. The summed E-state index contributed by atoms with van der Waals surface area (Å²) in [7, 11) is 0.232. The largest absolute Gasteiger partial charge is 0.337 e. The summed E-state index contributed by atoms with van der Waals surface area (Å²) in [6, 6.07) is 0. The van der Waals surface area contributed by atoms with E-state index >= 15 is 0 Å². The summed E-state index contributed by atoms with van der Waals surface area (Å²) in [6.45, 7) is 5.40. The van der Waals surface area contributed by atoms with Crippen LogP contribution in [0.2, 0.25) is 0 Å². The van der Waals surface area contributed by atoms with E-state index in [1.165, 1.54) is 0 Å². The number of isocyanates is 1. The van der Waals surface area contributed by atoms with Crippen molar-refractivity contribution in [2.45, 2.75) is 13.8 Å². The Hall–Kier alpha value is -0.270. The zero-order chi connectivity index (χ0) is 8.24. The van der Waals surface area contributed by atoms with Gasteiger partial charge in [0, 0.05) is 0 Å². The highest BCUT2D eigenvalue weighted by Crippen LogP contribution is 2.10. The van der Waals surface area contributed by atoms with Crippen LogP contribution in [0.1, 0.15) is 13.8 Å². The second kappa shape index (κ2) is 15.9. The van der Waals surface area contributed by atoms with Crippen molar-refractivity contribution in [2.24, 2.45) is 0 Å². The minimum Gasteiger partial charge on any atom is -0.337 e. The standard InChI is InChI=1S/C4H11O2P.CHNO/c1-3-5-7-6-4-2;2-1-3/h7H,3-4H2,1-2H3;2H. The fraction of sp³-hybridized carbons (Fsp3) is 0.800. The van der Waals surface area contributed by atoms with Crippen LogP contribution in [0.4, 0.5) is 0 Å². The molecule has 0 aliphatic rings. The predicted molar refractivity (Wildman–Crippen MR) is 40.0 cm³/mol. The van der Waals surface area contributed by atoms with Crippen LogP contribution in [0.5, 0.6) is 0 Å². The summed E-state index contributed by atoms with van der Waals surface area (Å²) in [5, 5.41) is 5.40. The van der Waals surface area contributed by atoms with Crippen molar-refractivity contribution in [3.8, 4) is 0 Å². The van der Waals surface area contributed by atoms with E-state index in [-0.39, 0.29) is 9.03 Å². The third-order valence-corrected chi connectivity index (χ3v) is 1.22. The Balaban J connectivity index is 0. The van der Waals surface area contributed by atoms with Gasteiger partial charge in [-0.05, 0) is 13.8 Å². The first kappa shape index (κ1) is 12.4. The van der Waals surface area contributed by atoms with E-state index in [0.29, 0.717) is 0 Å². The molecule has 0 fully saturated rings. The third-order valence-electron chi connectivity index (χ3n) is 0.407. The lowest BCUT2D eigenvalue weighted by atomic mass is 10.9. The second-order valence-electron chi connectivity index (χ2n) is 1.05. The Labute approximate surface area is 62.4 Å². The van der Waals surface area contributed by atoms with Gasteiger partial charge >= 0.3 is 0 Å². The predicted octanol–water partition coefficient (Wildman–Crippen LogP) is 1.47. The smallest absolute Gasteiger partial charge is 0.231 e. The summed E-state index contributed by atoms with van der Waals surface area (Å²) in [5.74, 6) is 0. The normalized spacial score (nSPS) is 7.40. The maximum absolute atomic E-state index is 8.35. The second-order valence-corrected chi connectivity index (χ2v) is 1.80. The molecule has 0 bridgehead atoms. The summed E-state index contributed by atoms with van der Waals surface area (Å²) in [5.41, 5.74) is 0. The average Bonchev–Trinajstić information content (AvgIpc) is 1.91. The molecule has 4 nitrogen and oxygen atoms in total. The van der Waals surface area contributed by atoms with Crippen LogP contribution in [0.25, 0.3) is 0 Å². The van der Waals surface area contributed by atoms with Gasteiger partial charge in [-0.25, -0.2) is 10.2 Å². The molecule has 0 rings (SSSR count). The molecule has 0 aromatic heterocycles. The number of hydrogen-bond acceptors (Lipinski definition) is 4. The quantitative estimate of drug-likeness (QED) is 0.297. The van der Waals surface area contributed by atoms with Gasteiger partial charge in [0.2, 0.25) is 6.08 Å². The highest BCUT2D eigenvalue weighted by Gasteiger charge is 1.77. The SMILES string of the molecule is CCOPOCC.N=C=O. The molecule has 0 saturated heterocycles. The Morgan fingerprint density at radius 2 is 1.70 bits per heavy atom. The summed E-state index contributed by atoms with van der Waals surface area (Å²) >= 11 is 0. The molecule has 0 heterocycles. The molecule has 1 N–H and O–H groups in total. The maximum Gasteiger partial charge on any atom is 0.231 e. The lowest BCUT2D eigenvalue weighted by Gasteiger charge is -1.96. The fourth-order valence-corrected chi connectivity index (χ4v) is 0.479. The van der Waals surface area contributed by atoms with Gasteiger partial charge in [0.25, 0.3) is 0 Å². The van der Waals surface area contributed by atoms with Gasteiger partial charge in [-0.3, -0.25) is 0 Å². The van der Waals surface area contributed by atoms with Gasteiger partial charge in [0.05, 0.1) is 13.2 Å². The van der Waals surface area contributed by atoms with Gasteiger partial charge in [0.1, 0.15) is 0 Å². The van der Waals surface area contributed by atoms with Crippen molar-refractivity contribution < 1.29 is 13.8 Å². The van der Waals surface area contributed by atoms with Gasteiger partial charge in [-0.1, -0.05) is 0 Å². The molecule has 60 valence electrons. The van der Waals surface area contributed by atoms with Crippen LogP contribution in [0.15, 0.2) is 0 Å². The minimum absolute atomic E-state index is 0.232. The van der Waals surface area contributed by atoms with Crippen molar-refractivity contribution in [1.82, 2.24) is 0 Å². The van der Waals surface area contributed by atoms with Crippen molar-refractivity contribution in [2.75, 3.05) is 13.2 Å². The first-order valence-electron chi connectivity index (χ1n) is 2.85. The zero-order valence-corrected chi connectivity index (χ0v) is 7.14. The summed E-state index contributed by atoms with van der Waals surface area (Å²) in [6.07, 6.45) is 0.750. The molecule has 0 spiro atoms. The van der Waals surface area contributed by atoms with Crippen molar-refractivity contribution in [3.63, 3.8) is 0 Å². The van der Waals surface area contributed by atoms with Crippen LogP contribution in [-0.2, 0) is 13.8 Å². The van der Waals surface area contributed by atoms with Crippen molar-refractivity contribution >= 4 is 15.1 Å². The zero-order valence-electron chi connectivity index (χ0n) is 6.14. The lowest BCUT2D eigenvalue weighted by Crippen LogP contribution is -1.78. The monoisotopic (exact) mass is 165 g/mol. The van der Waals surface area contributed by atoms with E-state index in [2.05, 4.69) is 0 Å². The highest BCUT2D eigenvalue weighted by atomic mass is 31.1. The van der Waals surface area contributed by atoms with E-state index in [4.69, 9.17) is 19.3 Å². The van der Waals surface area contributed by atoms with E-state index in [1.807, 2.05) is 13.8 Å². The third kappa shape index (κ3) is 25.2. The first-order valence-corrected chi connectivity index (χ1v) is 3.67. The average molecular weight is 165 g/mol. The summed E-state index contributed by atoms with van der Waals surface area (Å²) in [4.78, 5) is 8.35. The van der Waals surface area contributed by atoms with E-state index in [1.54, 1.807) is 0 Å². The molecule has 0 atom stereocenters. The van der Waals surface area contributed by atoms with Gasteiger partial charge in [0.15, 0.2) is 9.03 Å². The Kier molecular flexibility index (Phi) is 19.7. The fourth-order valence-electron chi connectivity index (χ4n) is 0.160. The minimum atomic E-state index is 0.232.